The van der Waals surface area contributed by atoms with Gasteiger partial charge in [-0.2, -0.15) is 5.26 Å². The van der Waals surface area contributed by atoms with E-state index in [2.05, 4.69) is 22.9 Å². The van der Waals surface area contributed by atoms with Crippen LogP contribution in [0.15, 0.2) is 23.7 Å². The maximum Gasteiger partial charge on any atom is 0.233 e. The molecule has 1 atom stereocenters. The molecule has 1 aliphatic carbocycles. The Bertz CT molecular complexity index is 592. The van der Waals surface area contributed by atoms with Crippen molar-refractivity contribution in [3.63, 3.8) is 0 Å². The summed E-state index contributed by atoms with van der Waals surface area (Å²) in [6.07, 6.45) is 5.91. The maximum absolute atomic E-state index is 11.9. The number of thioether (sulfide) groups is 1. The summed E-state index contributed by atoms with van der Waals surface area (Å²) in [5.41, 5.74) is 2.84. The summed E-state index contributed by atoms with van der Waals surface area (Å²) in [4.78, 5) is 16.5. The topological polar surface area (TPSA) is 65.8 Å². The first-order valence-corrected chi connectivity index (χ1v) is 8.01. The van der Waals surface area contributed by atoms with E-state index in [0.29, 0.717) is 17.1 Å². The normalized spacial score (nSPS) is 14.7. The molecule has 1 unspecified atom stereocenters. The standard InChI is InChI=1S/C16H19N3OS/c1-3-8-18-15(20)11(2)21-16-13(10-17)9-12-6-4-5-7-14(12)19-16/h3,9,11H,1,4-8H2,2H3,(H,18,20). The van der Waals surface area contributed by atoms with E-state index in [0.717, 1.165) is 31.4 Å². The third-order valence-corrected chi connectivity index (χ3v) is 4.57. The van der Waals surface area contributed by atoms with Gasteiger partial charge in [0.25, 0.3) is 0 Å². The average Bonchev–Trinajstić information content (AvgIpc) is 2.51. The summed E-state index contributed by atoms with van der Waals surface area (Å²) in [6.45, 7) is 5.85. The summed E-state index contributed by atoms with van der Waals surface area (Å²) in [6, 6.07) is 4.14. The number of aryl methyl sites for hydroxylation is 2. The van der Waals surface area contributed by atoms with E-state index in [-0.39, 0.29) is 11.2 Å². The molecule has 0 saturated carbocycles. The molecule has 1 amide bonds. The van der Waals surface area contributed by atoms with Gasteiger partial charge in [-0.3, -0.25) is 4.79 Å². The molecule has 1 N–H and O–H groups in total. The van der Waals surface area contributed by atoms with Crippen LogP contribution in [0.4, 0.5) is 0 Å². The lowest BCUT2D eigenvalue weighted by atomic mass is 9.95. The van der Waals surface area contributed by atoms with Gasteiger partial charge < -0.3 is 5.32 Å². The molecule has 0 radical (unpaired) electrons. The maximum atomic E-state index is 11.9. The number of hydrogen-bond acceptors (Lipinski definition) is 4. The molecule has 0 spiro atoms. The van der Waals surface area contributed by atoms with Gasteiger partial charge in [0.05, 0.1) is 10.8 Å². The number of pyridine rings is 1. The highest BCUT2D eigenvalue weighted by Crippen LogP contribution is 2.29. The smallest absolute Gasteiger partial charge is 0.233 e. The number of carbonyl (C=O) groups is 1. The highest BCUT2D eigenvalue weighted by molar-refractivity contribution is 8.00. The van der Waals surface area contributed by atoms with E-state index in [9.17, 15) is 10.1 Å². The quantitative estimate of drug-likeness (QED) is 0.670. The predicted octanol–water partition coefficient (Wildman–Crippen LogP) is 2.61. The van der Waals surface area contributed by atoms with Crippen LogP contribution in [0.25, 0.3) is 0 Å². The van der Waals surface area contributed by atoms with Crippen molar-refractivity contribution in [2.24, 2.45) is 0 Å². The van der Waals surface area contributed by atoms with Crippen LogP contribution in [-0.2, 0) is 17.6 Å². The fourth-order valence-electron chi connectivity index (χ4n) is 2.32. The van der Waals surface area contributed by atoms with Gasteiger partial charge in [0, 0.05) is 12.2 Å². The minimum atomic E-state index is -0.286. The minimum absolute atomic E-state index is 0.0664. The van der Waals surface area contributed by atoms with Gasteiger partial charge in [-0.25, -0.2) is 4.98 Å². The SMILES string of the molecule is C=CCNC(=O)C(C)Sc1nc2c(cc1C#N)CCCC2. The third kappa shape index (κ3) is 3.85. The van der Waals surface area contributed by atoms with Gasteiger partial charge in [-0.1, -0.05) is 17.8 Å². The van der Waals surface area contributed by atoms with Crippen LogP contribution in [0.2, 0.25) is 0 Å². The highest BCUT2D eigenvalue weighted by Gasteiger charge is 2.20. The highest BCUT2D eigenvalue weighted by atomic mass is 32.2. The zero-order valence-electron chi connectivity index (χ0n) is 12.2. The van der Waals surface area contributed by atoms with Gasteiger partial charge in [0.15, 0.2) is 0 Å². The van der Waals surface area contributed by atoms with Gasteiger partial charge in [-0.05, 0) is 44.2 Å². The van der Waals surface area contributed by atoms with Crippen LogP contribution in [0.3, 0.4) is 0 Å². The first-order valence-electron chi connectivity index (χ1n) is 7.14. The number of amides is 1. The van der Waals surface area contributed by atoms with Gasteiger partial charge in [-0.15, -0.1) is 6.58 Å². The fraction of sp³-hybridized carbons (Fsp3) is 0.438. The number of nitrogens with one attached hydrogen (secondary N) is 1. The van der Waals surface area contributed by atoms with Crippen LogP contribution in [-0.4, -0.2) is 22.7 Å². The largest absolute Gasteiger partial charge is 0.352 e. The van der Waals surface area contributed by atoms with Crippen molar-refractivity contribution in [2.45, 2.75) is 42.9 Å². The number of rotatable bonds is 5. The molecule has 0 fully saturated rings. The first-order chi connectivity index (χ1) is 10.2. The third-order valence-electron chi connectivity index (χ3n) is 3.46. The zero-order valence-corrected chi connectivity index (χ0v) is 13.0. The number of nitrogens with zero attached hydrogens (tertiary/aromatic N) is 2. The Hall–Kier alpha value is -1.80. The Kier molecular flexibility index (Phi) is 5.40. The van der Waals surface area contributed by atoms with E-state index in [1.54, 1.807) is 6.08 Å². The van der Waals surface area contributed by atoms with Crippen LogP contribution in [0.1, 0.15) is 36.6 Å². The van der Waals surface area contributed by atoms with E-state index < -0.39 is 0 Å². The van der Waals surface area contributed by atoms with Gasteiger partial charge in [0.1, 0.15) is 11.1 Å². The lowest BCUT2D eigenvalue weighted by Crippen LogP contribution is -2.31. The van der Waals surface area contributed by atoms with Crippen molar-refractivity contribution in [3.8, 4) is 6.07 Å². The van der Waals surface area contributed by atoms with Crippen LogP contribution >= 0.6 is 11.8 Å². The van der Waals surface area contributed by atoms with Crippen molar-refractivity contribution in [3.05, 3.63) is 35.5 Å². The molecule has 0 saturated heterocycles. The van der Waals surface area contributed by atoms with E-state index in [1.165, 1.54) is 17.3 Å². The minimum Gasteiger partial charge on any atom is -0.352 e. The second-order valence-electron chi connectivity index (χ2n) is 5.06. The summed E-state index contributed by atoms with van der Waals surface area (Å²) in [5.74, 6) is -0.0664. The average molecular weight is 301 g/mol. The molecule has 2 rings (SSSR count). The number of aromatic nitrogens is 1. The molecule has 1 aromatic rings. The monoisotopic (exact) mass is 301 g/mol. The second kappa shape index (κ2) is 7.28. The summed E-state index contributed by atoms with van der Waals surface area (Å²) < 4.78 is 0. The van der Waals surface area contributed by atoms with Crippen molar-refractivity contribution in [1.82, 2.24) is 10.3 Å². The van der Waals surface area contributed by atoms with Crippen LogP contribution in [0.5, 0.6) is 0 Å². The van der Waals surface area contributed by atoms with Crippen molar-refractivity contribution >= 4 is 17.7 Å². The summed E-state index contributed by atoms with van der Waals surface area (Å²) in [7, 11) is 0. The molecular weight excluding hydrogens is 282 g/mol. The summed E-state index contributed by atoms with van der Waals surface area (Å²) >= 11 is 1.35. The molecule has 0 aliphatic heterocycles. The molecular formula is C16H19N3OS. The van der Waals surface area contributed by atoms with Crippen molar-refractivity contribution < 1.29 is 4.79 Å². The first kappa shape index (κ1) is 15.6. The predicted molar refractivity (Wildman–Crippen MR) is 84.1 cm³/mol. The Balaban J connectivity index is 2.17. The number of hydrogen-bond donors (Lipinski definition) is 1. The molecule has 1 aliphatic rings. The van der Waals surface area contributed by atoms with Crippen molar-refractivity contribution in [1.29, 1.82) is 5.26 Å². The van der Waals surface area contributed by atoms with E-state index >= 15 is 0 Å². The molecule has 4 nitrogen and oxygen atoms in total. The number of nitriles is 1. The zero-order chi connectivity index (χ0) is 15.2. The van der Waals surface area contributed by atoms with E-state index in [1.807, 2.05) is 13.0 Å². The number of carbonyl (C=O) groups excluding carboxylic acids is 1. The van der Waals surface area contributed by atoms with Gasteiger partial charge in [0.2, 0.25) is 5.91 Å². The second-order valence-corrected chi connectivity index (χ2v) is 6.39. The number of fused-ring (bicyclic) bond motifs is 1. The fourth-order valence-corrected chi connectivity index (χ4v) is 3.24. The van der Waals surface area contributed by atoms with E-state index in [4.69, 9.17) is 0 Å². The van der Waals surface area contributed by atoms with Crippen LogP contribution in [0, 0.1) is 11.3 Å². The molecule has 0 bridgehead atoms. The van der Waals surface area contributed by atoms with Crippen LogP contribution < -0.4 is 5.32 Å². The Morgan fingerprint density at radius 2 is 2.38 bits per heavy atom. The Morgan fingerprint density at radius 3 is 3.10 bits per heavy atom. The van der Waals surface area contributed by atoms with Crippen molar-refractivity contribution in [2.75, 3.05) is 6.54 Å². The molecule has 0 aromatic carbocycles. The molecule has 1 aromatic heterocycles. The Morgan fingerprint density at radius 1 is 1.62 bits per heavy atom. The lowest BCUT2D eigenvalue weighted by Gasteiger charge is -2.17. The Labute approximate surface area is 129 Å². The lowest BCUT2D eigenvalue weighted by molar-refractivity contribution is -0.120. The summed E-state index contributed by atoms with van der Waals surface area (Å²) in [5, 5.41) is 12.4. The molecule has 21 heavy (non-hydrogen) atoms. The van der Waals surface area contributed by atoms with Gasteiger partial charge >= 0.3 is 0 Å². The molecule has 5 heteroatoms. The molecule has 1 heterocycles. The molecule has 110 valence electrons.